The maximum Gasteiger partial charge on any atom is 0.273 e. The Labute approximate surface area is 117 Å². The number of benzene rings is 2. The lowest BCUT2D eigenvalue weighted by Crippen LogP contribution is -1.91. The van der Waals surface area contributed by atoms with Crippen molar-refractivity contribution in [2.24, 2.45) is 0 Å². The summed E-state index contributed by atoms with van der Waals surface area (Å²) in [6.45, 7) is 0. The normalized spacial score (nSPS) is 9.95. The van der Waals surface area contributed by atoms with Gasteiger partial charge in [-0.05, 0) is 46.3 Å². The van der Waals surface area contributed by atoms with E-state index in [1.165, 1.54) is 12.1 Å². The van der Waals surface area contributed by atoms with Gasteiger partial charge in [0, 0.05) is 11.6 Å². The Balaban J connectivity index is 2.28. The second kappa shape index (κ2) is 5.62. The maximum atomic E-state index is 10.7. The molecule has 0 aromatic heterocycles. The Hall–Kier alpha value is -2.21. The molecule has 0 heterocycles. The zero-order chi connectivity index (χ0) is 13.8. The van der Waals surface area contributed by atoms with E-state index in [-0.39, 0.29) is 5.69 Å². The van der Waals surface area contributed by atoms with Crippen molar-refractivity contribution in [2.75, 3.05) is 0 Å². The fourth-order valence-corrected chi connectivity index (χ4v) is 1.75. The predicted molar refractivity (Wildman–Crippen MR) is 72.7 cm³/mol. The molecule has 0 N–H and O–H groups in total. The monoisotopic (exact) mass is 321 g/mol. The summed E-state index contributed by atoms with van der Waals surface area (Å²) >= 11 is 3.26. The Morgan fingerprint density at radius 1 is 1.16 bits per heavy atom. The van der Waals surface area contributed by atoms with E-state index in [0.717, 1.165) is 6.29 Å². The van der Waals surface area contributed by atoms with Gasteiger partial charge in [-0.3, -0.25) is 14.9 Å². The number of ether oxygens (including phenoxy) is 1. The van der Waals surface area contributed by atoms with Crippen LogP contribution in [0.25, 0.3) is 0 Å². The van der Waals surface area contributed by atoms with Gasteiger partial charge in [-0.15, -0.1) is 0 Å². The minimum atomic E-state index is -0.491. The van der Waals surface area contributed by atoms with Crippen molar-refractivity contribution in [3.63, 3.8) is 0 Å². The van der Waals surface area contributed by atoms with E-state index in [1.54, 1.807) is 30.3 Å². The third-order valence-electron chi connectivity index (χ3n) is 2.37. The van der Waals surface area contributed by atoms with Crippen molar-refractivity contribution >= 4 is 27.9 Å². The van der Waals surface area contributed by atoms with Crippen LogP contribution in [0, 0.1) is 10.1 Å². The second-order valence-corrected chi connectivity index (χ2v) is 4.52. The number of aldehydes is 1. The van der Waals surface area contributed by atoms with Gasteiger partial charge in [-0.2, -0.15) is 0 Å². The van der Waals surface area contributed by atoms with Gasteiger partial charge in [0.1, 0.15) is 17.8 Å². The predicted octanol–water partition coefficient (Wildman–Crippen LogP) is 3.96. The van der Waals surface area contributed by atoms with Gasteiger partial charge in [-0.25, -0.2) is 0 Å². The number of carbonyl (C=O) groups is 1. The van der Waals surface area contributed by atoms with Crippen LogP contribution < -0.4 is 4.74 Å². The van der Waals surface area contributed by atoms with Crippen LogP contribution in [0.5, 0.6) is 11.5 Å². The van der Waals surface area contributed by atoms with E-state index < -0.39 is 4.92 Å². The molecule has 2 rings (SSSR count). The molecule has 0 aliphatic carbocycles. The van der Waals surface area contributed by atoms with E-state index in [2.05, 4.69) is 15.9 Å². The molecule has 0 unspecified atom stereocenters. The fraction of sp³-hybridized carbons (Fsp3) is 0. The molecule has 0 spiro atoms. The molecule has 0 saturated heterocycles. The van der Waals surface area contributed by atoms with E-state index in [1.807, 2.05) is 0 Å². The Morgan fingerprint density at radius 2 is 1.84 bits per heavy atom. The Bertz CT molecular complexity index is 625. The van der Waals surface area contributed by atoms with Crippen molar-refractivity contribution in [1.29, 1.82) is 0 Å². The molecule has 96 valence electrons. The summed E-state index contributed by atoms with van der Waals surface area (Å²) in [4.78, 5) is 20.7. The quantitative estimate of drug-likeness (QED) is 0.485. The fourth-order valence-electron chi connectivity index (χ4n) is 1.43. The average Bonchev–Trinajstić information content (AvgIpc) is 2.42. The third-order valence-corrected chi connectivity index (χ3v) is 3.02. The van der Waals surface area contributed by atoms with Gasteiger partial charge in [0.25, 0.3) is 5.69 Å². The molecule has 0 saturated carbocycles. The molecule has 0 bridgehead atoms. The molecule has 5 nitrogen and oxygen atoms in total. The van der Waals surface area contributed by atoms with Gasteiger partial charge in [-0.1, -0.05) is 0 Å². The zero-order valence-corrected chi connectivity index (χ0v) is 11.2. The number of halogens is 1. The van der Waals surface area contributed by atoms with E-state index >= 15 is 0 Å². The van der Waals surface area contributed by atoms with Crippen LogP contribution in [0.4, 0.5) is 5.69 Å². The van der Waals surface area contributed by atoms with Gasteiger partial charge in [0.05, 0.1) is 15.5 Å². The van der Waals surface area contributed by atoms with Crippen molar-refractivity contribution < 1.29 is 14.5 Å². The van der Waals surface area contributed by atoms with Crippen LogP contribution in [0.2, 0.25) is 0 Å². The van der Waals surface area contributed by atoms with Crippen LogP contribution >= 0.6 is 15.9 Å². The molecule has 6 heteroatoms. The van der Waals surface area contributed by atoms with E-state index in [0.29, 0.717) is 21.5 Å². The highest BCUT2D eigenvalue weighted by molar-refractivity contribution is 9.10. The molecule has 0 aliphatic rings. The number of hydrogen-bond donors (Lipinski definition) is 0. The lowest BCUT2D eigenvalue weighted by Gasteiger charge is -2.07. The first-order chi connectivity index (χ1) is 9.10. The largest absolute Gasteiger partial charge is 0.456 e. The van der Waals surface area contributed by atoms with Crippen molar-refractivity contribution in [3.05, 3.63) is 62.6 Å². The molecular formula is C13H8BrNO4. The van der Waals surface area contributed by atoms with Gasteiger partial charge in [0.15, 0.2) is 0 Å². The highest BCUT2D eigenvalue weighted by atomic mass is 79.9. The lowest BCUT2D eigenvalue weighted by atomic mass is 10.2. The summed E-state index contributed by atoms with van der Waals surface area (Å²) in [5, 5.41) is 10.7. The zero-order valence-electron chi connectivity index (χ0n) is 9.58. The summed E-state index contributed by atoms with van der Waals surface area (Å²) in [5.41, 5.74) is 0.480. The van der Waals surface area contributed by atoms with E-state index in [4.69, 9.17) is 4.74 Å². The highest BCUT2D eigenvalue weighted by Crippen LogP contribution is 2.32. The standard InChI is InChI=1S/C13H8BrNO4/c14-12-6-3-10(15(17)18)7-13(12)19-11-4-1-9(8-16)2-5-11/h1-8H. The number of rotatable bonds is 4. The van der Waals surface area contributed by atoms with Crippen molar-refractivity contribution in [3.8, 4) is 11.5 Å². The smallest absolute Gasteiger partial charge is 0.273 e. The number of non-ortho nitro benzene ring substituents is 1. The molecular weight excluding hydrogens is 314 g/mol. The van der Waals surface area contributed by atoms with Crippen LogP contribution in [0.15, 0.2) is 46.9 Å². The molecule has 0 amide bonds. The van der Waals surface area contributed by atoms with Crippen LogP contribution in [-0.2, 0) is 0 Å². The Kier molecular flexibility index (Phi) is 3.91. The van der Waals surface area contributed by atoms with Gasteiger partial charge in [0.2, 0.25) is 0 Å². The SMILES string of the molecule is O=Cc1ccc(Oc2cc([N+](=O)[O-])ccc2Br)cc1. The van der Waals surface area contributed by atoms with Crippen molar-refractivity contribution in [1.82, 2.24) is 0 Å². The summed E-state index contributed by atoms with van der Waals surface area (Å²) < 4.78 is 6.14. The third kappa shape index (κ3) is 3.17. The first-order valence-electron chi connectivity index (χ1n) is 5.27. The minimum Gasteiger partial charge on any atom is -0.456 e. The number of carbonyl (C=O) groups excluding carboxylic acids is 1. The molecule has 0 aliphatic heterocycles. The van der Waals surface area contributed by atoms with Gasteiger partial charge >= 0.3 is 0 Å². The second-order valence-electron chi connectivity index (χ2n) is 3.66. The first-order valence-corrected chi connectivity index (χ1v) is 6.06. The summed E-state index contributed by atoms with van der Waals surface area (Å²) in [7, 11) is 0. The number of nitro benzene ring substituents is 1. The molecule has 2 aromatic rings. The van der Waals surface area contributed by atoms with Crippen LogP contribution in [-0.4, -0.2) is 11.2 Å². The number of nitro groups is 1. The lowest BCUT2D eigenvalue weighted by molar-refractivity contribution is -0.384. The summed E-state index contributed by atoms with van der Waals surface area (Å²) in [5.74, 6) is 0.833. The topological polar surface area (TPSA) is 69.4 Å². The summed E-state index contributed by atoms with van der Waals surface area (Å²) in [6.07, 6.45) is 0.729. The number of nitrogens with zero attached hydrogens (tertiary/aromatic N) is 1. The molecule has 19 heavy (non-hydrogen) atoms. The molecule has 0 atom stereocenters. The molecule has 0 fully saturated rings. The Morgan fingerprint density at radius 3 is 2.42 bits per heavy atom. The highest BCUT2D eigenvalue weighted by Gasteiger charge is 2.11. The summed E-state index contributed by atoms with van der Waals surface area (Å²) in [6, 6.07) is 10.7. The van der Waals surface area contributed by atoms with Crippen LogP contribution in [0.3, 0.4) is 0 Å². The van der Waals surface area contributed by atoms with Crippen molar-refractivity contribution in [2.45, 2.75) is 0 Å². The van der Waals surface area contributed by atoms with Crippen LogP contribution in [0.1, 0.15) is 10.4 Å². The number of hydrogen-bond acceptors (Lipinski definition) is 4. The first kappa shape index (κ1) is 13.2. The minimum absolute atomic E-state index is 0.0530. The molecule has 0 radical (unpaired) electrons. The molecule has 2 aromatic carbocycles. The van der Waals surface area contributed by atoms with Gasteiger partial charge < -0.3 is 4.74 Å². The average molecular weight is 322 g/mol. The van der Waals surface area contributed by atoms with E-state index in [9.17, 15) is 14.9 Å². The maximum absolute atomic E-state index is 10.7.